The lowest BCUT2D eigenvalue weighted by atomic mass is 9.53. The van der Waals surface area contributed by atoms with E-state index in [9.17, 15) is 9.59 Å². The van der Waals surface area contributed by atoms with Crippen LogP contribution in [0.1, 0.15) is 48.9 Å². The second-order valence-corrected chi connectivity index (χ2v) is 11.2. The van der Waals surface area contributed by atoms with Gasteiger partial charge in [0.2, 0.25) is 11.8 Å². The molecule has 1 heterocycles. The molecule has 7 nitrogen and oxygen atoms in total. The molecule has 186 valence electrons. The molecular weight excluding hydrogens is 462 g/mol. The summed E-state index contributed by atoms with van der Waals surface area (Å²) in [6.07, 6.45) is 9.03. The van der Waals surface area contributed by atoms with Crippen molar-refractivity contribution in [3.63, 3.8) is 0 Å². The zero-order valence-electron chi connectivity index (χ0n) is 20.1. The van der Waals surface area contributed by atoms with Crippen molar-refractivity contribution in [3.8, 4) is 5.88 Å². The normalized spacial score (nSPS) is 26.4. The molecule has 0 radical (unpaired) electrons. The molecule has 2 aromatic rings. The van der Waals surface area contributed by atoms with Crippen LogP contribution in [-0.2, 0) is 9.53 Å². The van der Waals surface area contributed by atoms with Gasteiger partial charge in [-0.15, -0.1) is 11.8 Å². The van der Waals surface area contributed by atoms with E-state index in [2.05, 4.69) is 15.6 Å². The first-order chi connectivity index (χ1) is 17.0. The molecule has 0 spiro atoms. The number of hydrogen-bond acceptors (Lipinski definition) is 6. The molecule has 4 bridgehead atoms. The molecule has 4 fully saturated rings. The van der Waals surface area contributed by atoms with E-state index in [0.29, 0.717) is 36.1 Å². The Kier molecular flexibility index (Phi) is 7.29. The van der Waals surface area contributed by atoms with Crippen LogP contribution in [0.3, 0.4) is 0 Å². The van der Waals surface area contributed by atoms with Gasteiger partial charge in [0.15, 0.2) is 0 Å². The van der Waals surface area contributed by atoms with Crippen molar-refractivity contribution >= 4 is 29.3 Å². The van der Waals surface area contributed by atoms with Crippen LogP contribution in [0, 0.1) is 17.8 Å². The highest BCUT2D eigenvalue weighted by Crippen LogP contribution is 2.55. The number of nitrogens with one attached hydrogen (secondary N) is 2. The van der Waals surface area contributed by atoms with E-state index in [1.807, 2.05) is 18.2 Å². The number of carbonyl (C=O) groups excluding carboxylic acids is 2. The molecule has 1 aromatic heterocycles. The van der Waals surface area contributed by atoms with Gasteiger partial charge in [-0.05, 0) is 74.5 Å². The highest BCUT2D eigenvalue weighted by Gasteiger charge is 2.51. The highest BCUT2D eigenvalue weighted by atomic mass is 32.2. The summed E-state index contributed by atoms with van der Waals surface area (Å²) in [6.45, 7) is 0.894. The Hall–Kier alpha value is -2.58. The Morgan fingerprint density at radius 1 is 1.03 bits per heavy atom. The summed E-state index contributed by atoms with van der Waals surface area (Å²) >= 11 is 1.42. The van der Waals surface area contributed by atoms with Crippen molar-refractivity contribution in [3.05, 3.63) is 48.2 Å². The number of benzene rings is 1. The summed E-state index contributed by atoms with van der Waals surface area (Å²) in [4.78, 5) is 30.9. The molecule has 6 rings (SSSR count). The standard InChI is InChI=1S/C27H33N3O4S/c1-33-8-9-34-25-7-6-21(16-28-25)29-26(32)22-4-2-3-5-23(22)35-17-24(31)30-27-13-18-10-19(14-27)12-20(11-18)15-27/h2-7,16,18-20H,8-15,17H2,1H3,(H,29,32)(H,30,31). The average molecular weight is 496 g/mol. The van der Waals surface area contributed by atoms with Gasteiger partial charge in [-0.3, -0.25) is 9.59 Å². The fourth-order valence-electron chi connectivity index (χ4n) is 6.49. The zero-order chi connectivity index (χ0) is 24.3. The first kappa shape index (κ1) is 24.1. The number of thioether (sulfide) groups is 1. The third kappa shape index (κ3) is 5.81. The van der Waals surface area contributed by atoms with Crippen molar-refractivity contribution in [1.82, 2.24) is 10.3 Å². The zero-order valence-corrected chi connectivity index (χ0v) is 20.9. The first-order valence-electron chi connectivity index (χ1n) is 12.4. The van der Waals surface area contributed by atoms with Gasteiger partial charge < -0.3 is 20.1 Å². The number of anilines is 1. The summed E-state index contributed by atoms with van der Waals surface area (Å²) in [5.41, 5.74) is 1.13. The summed E-state index contributed by atoms with van der Waals surface area (Å²) in [7, 11) is 1.61. The van der Waals surface area contributed by atoms with Crippen LogP contribution >= 0.6 is 11.8 Å². The van der Waals surface area contributed by atoms with E-state index in [4.69, 9.17) is 9.47 Å². The molecule has 2 N–H and O–H groups in total. The average Bonchev–Trinajstić information content (AvgIpc) is 2.83. The summed E-state index contributed by atoms with van der Waals surface area (Å²) in [5.74, 6) is 2.99. The number of ether oxygens (including phenoxy) is 2. The molecule has 4 saturated carbocycles. The van der Waals surface area contributed by atoms with Crippen molar-refractivity contribution in [2.75, 3.05) is 31.4 Å². The molecule has 4 aliphatic rings. The van der Waals surface area contributed by atoms with Crippen LogP contribution in [0.25, 0.3) is 0 Å². The maximum Gasteiger partial charge on any atom is 0.256 e. The van der Waals surface area contributed by atoms with E-state index in [0.717, 1.165) is 41.9 Å². The molecule has 35 heavy (non-hydrogen) atoms. The number of nitrogens with zero attached hydrogens (tertiary/aromatic N) is 1. The number of pyridine rings is 1. The minimum atomic E-state index is -0.232. The maximum atomic E-state index is 13.0. The van der Waals surface area contributed by atoms with E-state index in [1.165, 1.54) is 31.0 Å². The minimum Gasteiger partial charge on any atom is -0.475 e. The second-order valence-electron chi connectivity index (χ2n) is 10.2. The van der Waals surface area contributed by atoms with Crippen molar-refractivity contribution < 1.29 is 19.1 Å². The minimum absolute atomic E-state index is 0.00965. The SMILES string of the molecule is COCCOc1ccc(NC(=O)c2ccccc2SCC(=O)NC23CC4CC(CC(C4)C2)C3)cn1. The summed E-state index contributed by atoms with van der Waals surface area (Å²) in [6, 6.07) is 10.9. The third-order valence-electron chi connectivity index (χ3n) is 7.46. The van der Waals surface area contributed by atoms with Crippen LogP contribution in [0.15, 0.2) is 47.5 Å². The topological polar surface area (TPSA) is 89.5 Å². The van der Waals surface area contributed by atoms with Crippen LogP contribution in [-0.4, -0.2) is 48.4 Å². The van der Waals surface area contributed by atoms with Gasteiger partial charge in [0.1, 0.15) is 6.61 Å². The van der Waals surface area contributed by atoms with Crippen LogP contribution in [0.2, 0.25) is 0 Å². The van der Waals surface area contributed by atoms with Crippen molar-refractivity contribution in [2.45, 2.75) is 49.0 Å². The molecular formula is C27H33N3O4S. The van der Waals surface area contributed by atoms with Gasteiger partial charge in [0, 0.05) is 23.6 Å². The summed E-state index contributed by atoms with van der Waals surface area (Å²) < 4.78 is 10.4. The molecule has 1 aromatic carbocycles. The van der Waals surface area contributed by atoms with E-state index < -0.39 is 0 Å². The van der Waals surface area contributed by atoms with Gasteiger partial charge in [-0.25, -0.2) is 4.98 Å². The van der Waals surface area contributed by atoms with Gasteiger partial charge in [0.05, 0.1) is 29.8 Å². The predicted octanol–water partition coefficient (Wildman–Crippen LogP) is 4.54. The second kappa shape index (κ2) is 10.6. The van der Waals surface area contributed by atoms with Gasteiger partial charge in [-0.1, -0.05) is 12.1 Å². The van der Waals surface area contributed by atoms with Crippen LogP contribution in [0.4, 0.5) is 5.69 Å². The number of hydrogen-bond donors (Lipinski definition) is 2. The quantitative estimate of drug-likeness (QED) is 0.372. The lowest BCUT2D eigenvalue weighted by Gasteiger charge is -2.56. The molecule has 2 amide bonds. The number of methoxy groups -OCH3 is 1. The smallest absolute Gasteiger partial charge is 0.256 e. The number of aromatic nitrogens is 1. The van der Waals surface area contributed by atoms with Crippen molar-refractivity contribution in [1.29, 1.82) is 0 Å². The van der Waals surface area contributed by atoms with E-state index in [1.54, 1.807) is 31.5 Å². The third-order valence-corrected chi connectivity index (χ3v) is 8.54. The lowest BCUT2D eigenvalue weighted by molar-refractivity contribution is -0.124. The van der Waals surface area contributed by atoms with Crippen LogP contribution < -0.4 is 15.4 Å². The van der Waals surface area contributed by atoms with Crippen LogP contribution in [0.5, 0.6) is 5.88 Å². The van der Waals surface area contributed by atoms with E-state index >= 15 is 0 Å². The molecule has 0 atom stereocenters. The van der Waals surface area contributed by atoms with E-state index in [-0.39, 0.29) is 17.4 Å². The Balaban J connectivity index is 1.16. The Labute approximate surface area is 210 Å². The monoisotopic (exact) mass is 495 g/mol. The Bertz CT molecular complexity index is 1020. The molecule has 8 heteroatoms. The molecule has 0 saturated heterocycles. The fourth-order valence-corrected chi connectivity index (χ4v) is 7.34. The van der Waals surface area contributed by atoms with Gasteiger partial charge >= 0.3 is 0 Å². The number of carbonyl (C=O) groups is 2. The highest BCUT2D eigenvalue weighted by molar-refractivity contribution is 8.00. The fraction of sp³-hybridized carbons (Fsp3) is 0.519. The number of amides is 2. The van der Waals surface area contributed by atoms with Gasteiger partial charge in [-0.2, -0.15) is 0 Å². The Morgan fingerprint density at radius 2 is 1.74 bits per heavy atom. The number of rotatable bonds is 10. The van der Waals surface area contributed by atoms with Gasteiger partial charge in [0.25, 0.3) is 5.91 Å². The summed E-state index contributed by atoms with van der Waals surface area (Å²) in [5, 5.41) is 6.31. The first-order valence-corrected chi connectivity index (χ1v) is 13.4. The molecule has 4 aliphatic carbocycles. The maximum absolute atomic E-state index is 13.0. The van der Waals surface area contributed by atoms with Crippen molar-refractivity contribution in [2.24, 2.45) is 17.8 Å². The Morgan fingerprint density at radius 3 is 2.40 bits per heavy atom. The lowest BCUT2D eigenvalue weighted by Crippen LogP contribution is -2.60. The molecule has 0 aliphatic heterocycles. The largest absolute Gasteiger partial charge is 0.475 e. The predicted molar refractivity (Wildman–Crippen MR) is 136 cm³/mol. The molecule has 0 unspecified atom stereocenters.